The number of hydrogen-bond acceptors (Lipinski definition) is 1. The highest BCUT2D eigenvalue weighted by atomic mass is 19.3. The van der Waals surface area contributed by atoms with Crippen LogP contribution in [0, 0.1) is 17.7 Å². The van der Waals surface area contributed by atoms with Crippen LogP contribution >= 0.6 is 0 Å². The molecule has 0 bridgehead atoms. The lowest BCUT2D eigenvalue weighted by Gasteiger charge is -2.27. The molecule has 0 saturated heterocycles. The topological polar surface area (TPSA) is 9.23 Å². The summed E-state index contributed by atoms with van der Waals surface area (Å²) in [4.78, 5) is 0. The summed E-state index contributed by atoms with van der Waals surface area (Å²) in [6.07, 6.45) is 11.7. The molecule has 0 heterocycles. The Hall–Kier alpha value is -2.33. The van der Waals surface area contributed by atoms with E-state index in [-0.39, 0.29) is 12.5 Å². The van der Waals surface area contributed by atoms with Gasteiger partial charge in [-0.25, -0.2) is 4.39 Å². The average molecular weight is 497 g/mol. The Labute approximate surface area is 214 Å². The zero-order valence-corrected chi connectivity index (χ0v) is 21.4. The minimum absolute atomic E-state index is 0.174. The van der Waals surface area contributed by atoms with Crippen LogP contribution in [0.4, 0.5) is 13.2 Å². The zero-order valence-electron chi connectivity index (χ0n) is 21.4. The predicted octanol–water partition coefficient (Wildman–Crippen LogP) is 9.44. The van der Waals surface area contributed by atoms with Crippen molar-refractivity contribution in [3.63, 3.8) is 0 Å². The number of rotatable bonds is 9. The van der Waals surface area contributed by atoms with Crippen molar-refractivity contribution < 1.29 is 17.9 Å². The van der Waals surface area contributed by atoms with E-state index >= 15 is 0 Å². The molecule has 0 amide bonds. The van der Waals surface area contributed by atoms with Gasteiger partial charge in [0, 0.05) is 0 Å². The summed E-state index contributed by atoms with van der Waals surface area (Å²) < 4.78 is 49.1. The highest BCUT2D eigenvalue weighted by molar-refractivity contribution is 5.30. The van der Waals surface area contributed by atoms with Crippen LogP contribution in [-0.4, -0.2) is 6.61 Å². The van der Waals surface area contributed by atoms with E-state index in [1.807, 2.05) is 19.1 Å². The number of ether oxygens (including phenoxy) is 1. The quantitative estimate of drug-likeness (QED) is 0.314. The Morgan fingerprint density at radius 1 is 0.861 bits per heavy atom. The van der Waals surface area contributed by atoms with Crippen molar-refractivity contribution in [2.24, 2.45) is 11.8 Å². The molecule has 0 atom stereocenters. The van der Waals surface area contributed by atoms with Crippen molar-refractivity contribution in [3.8, 4) is 0 Å². The molecule has 0 unspecified atom stereocenters. The van der Waals surface area contributed by atoms with Crippen LogP contribution in [-0.2, 0) is 17.3 Å². The number of halogens is 3. The molecule has 2 aromatic carbocycles. The van der Waals surface area contributed by atoms with Gasteiger partial charge in [-0.15, -0.1) is 6.58 Å². The van der Waals surface area contributed by atoms with Crippen LogP contribution in [0.3, 0.4) is 0 Å². The van der Waals surface area contributed by atoms with Crippen molar-refractivity contribution in [3.05, 3.63) is 95.3 Å². The van der Waals surface area contributed by atoms with Crippen LogP contribution in [0.1, 0.15) is 92.4 Å². The summed E-state index contributed by atoms with van der Waals surface area (Å²) in [5.74, 6) is 1.10. The van der Waals surface area contributed by atoms with Gasteiger partial charge in [0.25, 0.3) is 0 Å². The van der Waals surface area contributed by atoms with Gasteiger partial charge in [-0.1, -0.05) is 48.6 Å². The minimum Gasteiger partial charge on any atom is -0.316 e. The molecule has 4 heteroatoms. The monoisotopic (exact) mass is 496 g/mol. The van der Waals surface area contributed by atoms with E-state index in [9.17, 15) is 13.2 Å². The molecule has 2 fully saturated rings. The lowest BCUT2D eigenvalue weighted by atomic mass is 9.78. The van der Waals surface area contributed by atoms with E-state index in [4.69, 9.17) is 4.74 Å². The maximum Gasteiger partial charge on any atom is 0.386 e. The van der Waals surface area contributed by atoms with Crippen molar-refractivity contribution in [2.45, 2.75) is 82.7 Å². The smallest absolute Gasteiger partial charge is 0.316 e. The van der Waals surface area contributed by atoms with E-state index in [1.54, 1.807) is 6.07 Å². The maximum atomic E-state index is 14.7. The Kier molecular flexibility index (Phi) is 9.11. The molecule has 4 rings (SSSR count). The van der Waals surface area contributed by atoms with Gasteiger partial charge in [-0.05, 0) is 117 Å². The number of alkyl halides is 2. The van der Waals surface area contributed by atoms with Gasteiger partial charge in [0.2, 0.25) is 0 Å². The molecule has 0 spiro atoms. The van der Waals surface area contributed by atoms with Crippen molar-refractivity contribution in [2.75, 3.05) is 6.61 Å². The molecule has 194 valence electrons. The van der Waals surface area contributed by atoms with Crippen LogP contribution in [0.15, 0.2) is 67.3 Å². The normalized spacial score (nSPS) is 25.2. The first-order chi connectivity index (χ1) is 17.4. The molecule has 36 heavy (non-hydrogen) atoms. The lowest BCUT2D eigenvalue weighted by molar-refractivity contribution is -0.249. The van der Waals surface area contributed by atoms with Crippen molar-refractivity contribution >= 4 is 0 Å². The van der Waals surface area contributed by atoms with Crippen LogP contribution in [0.5, 0.6) is 0 Å². The number of hydrogen-bond donors (Lipinski definition) is 0. The molecule has 0 radical (unpaired) electrons. The highest BCUT2D eigenvalue weighted by Crippen LogP contribution is 2.39. The van der Waals surface area contributed by atoms with Gasteiger partial charge in [-0.3, -0.25) is 0 Å². The Balaban J connectivity index is 1.28. The van der Waals surface area contributed by atoms with Gasteiger partial charge in [0.15, 0.2) is 0 Å². The van der Waals surface area contributed by atoms with E-state index in [0.717, 1.165) is 49.7 Å². The van der Waals surface area contributed by atoms with Gasteiger partial charge >= 0.3 is 6.11 Å². The summed E-state index contributed by atoms with van der Waals surface area (Å²) >= 11 is 0. The second kappa shape index (κ2) is 12.3. The zero-order chi connectivity index (χ0) is 25.5. The standard InChI is InChI=1S/C32H39F3O/c1-3-5-24-8-16-28(17-9-24)29-18-19-30(31(33)22-29)32(34,35)36-21-20-25-10-14-27(15-11-25)26-12-6-23(4-2)7-13-26/h3-5,10-11,14-15,18-19,22-24,26,28H,2,6-9,12-13,16-17,20-21H2,1H3/b5-3+/t23-,24-,26-,28-. The van der Waals surface area contributed by atoms with Crippen molar-refractivity contribution in [1.29, 1.82) is 0 Å². The van der Waals surface area contributed by atoms with Gasteiger partial charge in [-0.2, -0.15) is 8.78 Å². The first-order valence-electron chi connectivity index (χ1n) is 13.6. The van der Waals surface area contributed by atoms with Crippen LogP contribution in [0.25, 0.3) is 0 Å². The highest BCUT2D eigenvalue weighted by Gasteiger charge is 2.36. The lowest BCUT2D eigenvalue weighted by Crippen LogP contribution is -2.22. The molecule has 0 aliphatic heterocycles. The Morgan fingerprint density at radius 3 is 2.03 bits per heavy atom. The summed E-state index contributed by atoms with van der Waals surface area (Å²) in [5.41, 5.74) is 2.38. The number of benzene rings is 2. The first kappa shape index (κ1) is 26.7. The molecular weight excluding hydrogens is 457 g/mol. The molecule has 1 nitrogen and oxygen atoms in total. The third kappa shape index (κ3) is 6.70. The molecule has 0 N–H and O–H groups in total. The Bertz CT molecular complexity index is 1010. The van der Waals surface area contributed by atoms with Gasteiger partial charge < -0.3 is 4.74 Å². The molecule has 2 saturated carbocycles. The van der Waals surface area contributed by atoms with Crippen LogP contribution < -0.4 is 0 Å². The SMILES string of the molecule is C=C[C@H]1CC[C@H](c2ccc(CCOC(F)(F)c3ccc([C@H]4CC[C@H](/C=C/C)CC4)cc3F)cc2)CC1. The van der Waals surface area contributed by atoms with E-state index in [0.29, 0.717) is 24.2 Å². The summed E-state index contributed by atoms with van der Waals surface area (Å²) in [6, 6.07) is 12.4. The average Bonchev–Trinajstić information content (AvgIpc) is 2.89. The van der Waals surface area contributed by atoms with Gasteiger partial charge in [0.05, 0.1) is 12.2 Å². The third-order valence-electron chi connectivity index (χ3n) is 8.24. The second-order valence-corrected chi connectivity index (χ2v) is 10.6. The van der Waals surface area contributed by atoms with E-state index in [2.05, 4.69) is 36.9 Å². The maximum absolute atomic E-state index is 14.7. The van der Waals surface area contributed by atoms with Crippen molar-refractivity contribution in [1.82, 2.24) is 0 Å². The fraction of sp³-hybridized carbons (Fsp3) is 0.500. The van der Waals surface area contributed by atoms with Gasteiger partial charge in [0.1, 0.15) is 5.82 Å². The van der Waals surface area contributed by atoms with Crippen LogP contribution in [0.2, 0.25) is 0 Å². The third-order valence-corrected chi connectivity index (χ3v) is 8.24. The molecule has 2 aliphatic rings. The fourth-order valence-corrected chi connectivity index (χ4v) is 5.96. The first-order valence-corrected chi connectivity index (χ1v) is 13.6. The fourth-order valence-electron chi connectivity index (χ4n) is 5.96. The van der Waals surface area contributed by atoms with E-state index < -0.39 is 17.5 Å². The molecule has 2 aliphatic carbocycles. The molecule has 0 aromatic heterocycles. The summed E-state index contributed by atoms with van der Waals surface area (Å²) in [7, 11) is 0. The number of allylic oxidation sites excluding steroid dienone is 3. The van der Waals surface area contributed by atoms with E-state index in [1.165, 1.54) is 30.5 Å². The summed E-state index contributed by atoms with van der Waals surface area (Å²) in [5, 5.41) is 0. The second-order valence-electron chi connectivity index (χ2n) is 10.6. The minimum atomic E-state index is -3.66. The molecule has 2 aromatic rings. The molecular formula is C32H39F3O. The Morgan fingerprint density at radius 2 is 1.44 bits per heavy atom. The largest absolute Gasteiger partial charge is 0.386 e. The predicted molar refractivity (Wildman–Crippen MR) is 141 cm³/mol. The summed E-state index contributed by atoms with van der Waals surface area (Å²) in [6.45, 7) is 5.76.